The number of aliphatic hydroxyl groups excluding tert-OH is 1. The van der Waals surface area contributed by atoms with Crippen LogP contribution in [0.25, 0.3) is 0 Å². The van der Waals surface area contributed by atoms with Crippen molar-refractivity contribution in [1.82, 2.24) is 5.32 Å². The first-order chi connectivity index (χ1) is 28.0. The molecule has 0 aromatic heterocycles. The first kappa shape index (κ1) is 56.5. The number of unbranched alkanes of at least 4 members (excludes halogenated alkanes) is 24. The Morgan fingerprint density at radius 2 is 1.02 bits per heavy atom. The molecule has 0 rings (SSSR count). The maximum absolute atomic E-state index is 12.8. The number of likely N-dealkylation sites (N-methyl/N-ethyl adjacent to an activating group) is 1. The van der Waals surface area contributed by atoms with Gasteiger partial charge in [0.15, 0.2) is 0 Å². The number of quaternary nitrogens is 1. The number of hydrogen-bond acceptors (Lipinski definition) is 6. The zero-order chi connectivity index (χ0) is 42.8. The number of phosphoric acid groups is 1. The number of rotatable bonds is 43. The van der Waals surface area contributed by atoms with E-state index in [1.807, 2.05) is 27.2 Å². The second-order valence-corrected chi connectivity index (χ2v) is 18.9. The van der Waals surface area contributed by atoms with Crippen molar-refractivity contribution >= 4 is 13.7 Å². The molecule has 9 heteroatoms. The summed E-state index contributed by atoms with van der Waals surface area (Å²) in [5.41, 5.74) is 0. The summed E-state index contributed by atoms with van der Waals surface area (Å²) in [5, 5.41) is 13.7. The molecule has 3 atom stereocenters. The smallest absolute Gasteiger partial charge is 0.268 e. The Bertz CT molecular complexity index is 1090. The van der Waals surface area contributed by atoms with Crippen LogP contribution in [0.3, 0.4) is 0 Å². The number of nitrogens with one attached hydrogen (secondary N) is 1. The van der Waals surface area contributed by atoms with Gasteiger partial charge in [0, 0.05) is 6.42 Å². The predicted molar refractivity (Wildman–Crippen MR) is 247 cm³/mol. The Morgan fingerprint density at radius 1 is 0.603 bits per heavy atom. The molecule has 0 aliphatic carbocycles. The molecular weight excluding hydrogens is 744 g/mol. The van der Waals surface area contributed by atoms with Crippen molar-refractivity contribution in [2.24, 2.45) is 0 Å². The molecule has 0 saturated carbocycles. The van der Waals surface area contributed by atoms with Gasteiger partial charge in [-0.25, -0.2) is 0 Å². The average molecular weight is 837 g/mol. The number of carbonyl (C=O) groups excluding carboxylic acids is 1. The maximum Gasteiger partial charge on any atom is 0.268 e. The molecule has 0 bridgehead atoms. The largest absolute Gasteiger partial charge is 0.756 e. The number of aliphatic hydroxyl groups is 1. The molecule has 0 fully saturated rings. The van der Waals surface area contributed by atoms with Gasteiger partial charge in [-0.15, -0.1) is 0 Å². The molecule has 2 N–H and O–H groups in total. The fourth-order valence-corrected chi connectivity index (χ4v) is 7.39. The number of hydrogen-bond donors (Lipinski definition) is 2. The van der Waals surface area contributed by atoms with Gasteiger partial charge in [-0.05, 0) is 64.2 Å². The topological polar surface area (TPSA) is 108 Å². The molecule has 58 heavy (non-hydrogen) atoms. The number of carbonyl (C=O) groups is 1. The van der Waals surface area contributed by atoms with Crippen LogP contribution in [0.15, 0.2) is 48.6 Å². The van der Waals surface area contributed by atoms with Crippen molar-refractivity contribution in [1.29, 1.82) is 0 Å². The van der Waals surface area contributed by atoms with E-state index in [0.29, 0.717) is 17.4 Å². The maximum atomic E-state index is 12.8. The van der Waals surface area contributed by atoms with E-state index in [-0.39, 0.29) is 12.5 Å². The highest BCUT2D eigenvalue weighted by molar-refractivity contribution is 7.45. The molecule has 0 aromatic rings. The van der Waals surface area contributed by atoms with Gasteiger partial charge in [0.1, 0.15) is 13.2 Å². The average Bonchev–Trinajstić information content (AvgIpc) is 3.17. The van der Waals surface area contributed by atoms with Crippen molar-refractivity contribution in [2.75, 3.05) is 40.9 Å². The van der Waals surface area contributed by atoms with Gasteiger partial charge in [0.25, 0.3) is 7.82 Å². The van der Waals surface area contributed by atoms with Crippen LogP contribution in [0.4, 0.5) is 0 Å². The van der Waals surface area contributed by atoms with Crippen molar-refractivity contribution in [3.8, 4) is 0 Å². The second kappa shape index (κ2) is 40.8. The Balaban J connectivity index is 4.10. The van der Waals surface area contributed by atoms with Crippen molar-refractivity contribution in [3.05, 3.63) is 48.6 Å². The van der Waals surface area contributed by atoms with E-state index in [1.165, 1.54) is 141 Å². The first-order valence-electron chi connectivity index (χ1n) is 24.0. The number of nitrogens with zero attached hydrogens (tertiary/aromatic N) is 1. The van der Waals surface area contributed by atoms with Gasteiger partial charge in [0.05, 0.1) is 39.9 Å². The molecule has 0 aromatic carbocycles. The molecule has 0 saturated heterocycles. The molecule has 0 heterocycles. The summed E-state index contributed by atoms with van der Waals surface area (Å²) in [4.78, 5) is 25.2. The molecule has 3 unspecified atom stereocenters. The van der Waals surface area contributed by atoms with Crippen LogP contribution >= 0.6 is 7.82 Å². The van der Waals surface area contributed by atoms with Gasteiger partial charge in [-0.3, -0.25) is 9.36 Å². The number of phosphoric ester groups is 1. The predicted octanol–water partition coefficient (Wildman–Crippen LogP) is 13.0. The highest BCUT2D eigenvalue weighted by Crippen LogP contribution is 2.38. The summed E-state index contributed by atoms with van der Waals surface area (Å²) in [5.74, 6) is -0.211. The highest BCUT2D eigenvalue weighted by atomic mass is 31.2. The van der Waals surface area contributed by atoms with E-state index in [2.05, 4.69) is 55.6 Å². The van der Waals surface area contributed by atoms with E-state index in [9.17, 15) is 19.4 Å². The molecule has 8 nitrogen and oxygen atoms in total. The fraction of sp³-hybridized carbons (Fsp3) is 0.816. The lowest BCUT2D eigenvalue weighted by Crippen LogP contribution is -2.45. The number of allylic oxidation sites excluding steroid dienone is 7. The van der Waals surface area contributed by atoms with E-state index in [4.69, 9.17) is 9.05 Å². The minimum absolute atomic E-state index is 0.00718. The van der Waals surface area contributed by atoms with Crippen LogP contribution in [-0.4, -0.2) is 68.5 Å². The van der Waals surface area contributed by atoms with E-state index < -0.39 is 26.6 Å². The Labute approximate surface area is 359 Å². The summed E-state index contributed by atoms with van der Waals surface area (Å²) < 4.78 is 23.1. The monoisotopic (exact) mass is 837 g/mol. The van der Waals surface area contributed by atoms with Gasteiger partial charge in [-0.1, -0.05) is 184 Å². The third kappa shape index (κ3) is 42.6. The van der Waals surface area contributed by atoms with Gasteiger partial charge in [-0.2, -0.15) is 0 Å². The van der Waals surface area contributed by atoms with Crippen LogP contribution < -0.4 is 10.2 Å². The molecule has 0 radical (unpaired) electrons. The SMILES string of the molecule is CCCCC/C=C/CC/C=C/C(O)C(COP(=O)([O-])OCC[N+](C)(C)C)NC(=O)CCCCCCCCCCCCCCCCC/C=C\C/C=C\CCCCCCC. The lowest BCUT2D eigenvalue weighted by atomic mass is 10.0. The zero-order valence-electron chi connectivity index (χ0n) is 38.5. The van der Waals surface area contributed by atoms with Crippen LogP contribution in [0, 0.1) is 0 Å². The summed E-state index contributed by atoms with van der Waals surface area (Å²) >= 11 is 0. The fourth-order valence-electron chi connectivity index (χ4n) is 6.67. The molecule has 340 valence electrons. The molecular formula is C49H93N2O6P. The highest BCUT2D eigenvalue weighted by Gasteiger charge is 2.23. The minimum atomic E-state index is -4.59. The van der Waals surface area contributed by atoms with E-state index >= 15 is 0 Å². The molecule has 1 amide bonds. The van der Waals surface area contributed by atoms with Gasteiger partial charge in [0.2, 0.25) is 5.91 Å². The lowest BCUT2D eigenvalue weighted by Gasteiger charge is -2.29. The summed E-state index contributed by atoms with van der Waals surface area (Å²) in [7, 11) is 1.24. The van der Waals surface area contributed by atoms with Crippen molar-refractivity contribution < 1.29 is 32.9 Å². The summed E-state index contributed by atoms with van der Waals surface area (Å²) in [6.07, 6.45) is 51.9. The minimum Gasteiger partial charge on any atom is -0.756 e. The summed E-state index contributed by atoms with van der Waals surface area (Å²) in [6, 6.07) is -0.901. The normalized spacial score (nSPS) is 14.7. The number of amides is 1. The zero-order valence-corrected chi connectivity index (χ0v) is 39.4. The Hall–Kier alpha value is -1.54. The quantitative estimate of drug-likeness (QED) is 0.0274. The molecule has 0 spiro atoms. The third-order valence-electron chi connectivity index (χ3n) is 10.5. The van der Waals surface area contributed by atoms with Crippen molar-refractivity contribution in [2.45, 2.75) is 219 Å². The van der Waals surface area contributed by atoms with Crippen LogP contribution in [-0.2, 0) is 18.4 Å². The van der Waals surface area contributed by atoms with E-state index in [0.717, 1.165) is 44.9 Å². The summed E-state index contributed by atoms with van der Waals surface area (Å²) in [6.45, 7) is 4.56. The Kier molecular flexibility index (Phi) is 39.8. The standard InChI is InChI=1S/C49H93N2O6P/c1-6-8-10-12-14-16-17-18-19-20-21-22-23-24-25-26-27-28-29-30-31-32-33-35-37-39-41-43-49(53)50-47(46-57-58(54,55)56-45-44-51(3,4)5)48(52)42-40-38-36-34-15-13-11-9-7-2/h15,17-18,20-21,34,40,42,47-48,52H,6-14,16,19,22-33,35-39,41,43-46H2,1-5H3,(H-,50,53,54,55)/b18-17-,21-20-,34-15+,42-40+. The van der Waals surface area contributed by atoms with Gasteiger partial charge < -0.3 is 28.8 Å². The third-order valence-corrected chi connectivity index (χ3v) is 11.5. The van der Waals surface area contributed by atoms with Crippen LogP contribution in [0.5, 0.6) is 0 Å². The van der Waals surface area contributed by atoms with Crippen LogP contribution in [0.2, 0.25) is 0 Å². The van der Waals surface area contributed by atoms with Gasteiger partial charge >= 0.3 is 0 Å². The Morgan fingerprint density at radius 3 is 1.53 bits per heavy atom. The lowest BCUT2D eigenvalue weighted by molar-refractivity contribution is -0.870. The molecule has 0 aliphatic heterocycles. The molecule has 0 aliphatic rings. The van der Waals surface area contributed by atoms with Crippen LogP contribution in [0.1, 0.15) is 206 Å². The first-order valence-corrected chi connectivity index (χ1v) is 25.5. The second-order valence-electron chi connectivity index (χ2n) is 17.5. The van der Waals surface area contributed by atoms with E-state index in [1.54, 1.807) is 6.08 Å². The van der Waals surface area contributed by atoms with Crippen molar-refractivity contribution in [3.63, 3.8) is 0 Å².